The van der Waals surface area contributed by atoms with Crippen molar-refractivity contribution in [3.63, 3.8) is 0 Å². The van der Waals surface area contributed by atoms with Gasteiger partial charge in [-0.2, -0.15) is 0 Å². The first-order valence-electron chi connectivity index (χ1n) is 9.24. The van der Waals surface area contributed by atoms with Crippen LogP contribution in [0.1, 0.15) is 27.0 Å². The van der Waals surface area contributed by atoms with E-state index in [-0.39, 0.29) is 53.1 Å². The zero-order chi connectivity index (χ0) is 22.6. The maximum Gasteiger partial charge on any atom is 1.00 e. The molecule has 0 aliphatic carbocycles. The smallest absolute Gasteiger partial charge is 0.756 e. The third-order valence-electron chi connectivity index (χ3n) is 4.73. The number of amides is 3. The Kier molecular flexibility index (Phi) is 7.11. The summed E-state index contributed by atoms with van der Waals surface area (Å²) < 4.78 is 28.0. The van der Waals surface area contributed by atoms with E-state index in [1.54, 1.807) is 20.8 Å². The van der Waals surface area contributed by atoms with Gasteiger partial charge in [0.05, 0.1) is 12.9 Å². The Bertz CT molecular complexity index is 1090. The van der Waals surface area contributed by atoms with Gasteiger partial charge in [-0.25, -0.2) is 19.7 Å². The molecule has 168 valence electrons. The molecule has 0 aromatic carbocycles. The SMILES string of the molecule is CC(C)(C)C(=O)NC(=O)Nc1ncnc2c1ncn2[C@@H]1O[C@@H]2COP(=O)([O-])O[C@H]2[C@H]1O.[Na+]. The number of anilines is 1. The first-order valence-corrected chi connectivity index (χ1v) is 10.7. The fraction of sp³-hybridized carbons (Fsp3) is 0.562. The van der Waals surface area contributed by atoms with Crippen LogP contribution in [0.2, 0.25) is 0 Å². The zero-order valence-corrected chi connectivity index (χ0v) is 20.6. The van der Waals surface area contributed by atoms with Crippen molar-refractivity contribution in [2.75, 3.05) is 11.9 Å². The Morgan fingerprint density at radius 2 is 2.03 bits per heavy atom. The second kappa shape index (κ2) is 9.05. The molecule has 4 rings (SSSR count). The number of urea groups is 1. The van der Waals surface area contributed by atoms with Gasteiger partial charge in [0, 0.05) is 5.41 Å². The van der Waals surface area contributed by atoms with Gasteiger partial charge >= 0.3 is 35.6 Å². The summed E-state index contributed by atoms with van der Waals surface area (Å²) in [6.07, 6.45) is -1.93. The number of fused-ring (bicyclic) bond motifs is 2. The summed E-state index contributed by atoms with van der Waals surface area (Å²) in [4.78, 5) is 47.9. The van der Waals surface area contributed by atoms with Crippen molar-refractivity contribution in [2.45, 2.75) is 45.3 Å². The second-order valence-corrected chi connectivity index (χ2v) is 9.44. The van der Waals surface area contributed by atoms with Crippen LogP contribution in [0.25, 0.3) is 11.2 Å². The van der Waals surface area contributed by atoms with E-state index in [9.17, 15) is 24.2 Å². The minimum absolute atomic E-state index is 0. The maximum absolute atomic E-state index is 12.2. The van der Waals surface area contributed by atoms with Gasteiger partial charge in [0.15, 0.2) is 23.2 Å². The van der Waals surface area contributed by atoms with E-state index < -0.39 is 49.7 Å². The van der Waals surface area contributed by atoms with Gasteiger partial charge in [-0.3, -0.25) is 24.6 Å². The van der Waals surface area contributed by atoms with Crippen molar-refractivity contribution < 1.29 is 67.5 Å². The molecule has 2 fully saturated rings. The number of aliphatic hydroxyl groups is 1. The standard InChI is InChI=1S/C16H21N6O8P.Na/c1-16(2,3)14(24)21-15(25)20-11-8-12(18-5-17-11)22(6-19-8)13-9(23)10-7(29-13)4-28-31(26,27)30-10;/h5-7,9-10,13,23H,4H2,1-3H3,(H,26,27)(H2,17,18,20,21,24,25);/q;+1/p-1/t7-,9-,10-,13-;/m1./s1. The van der Waals surface area contributed by atoms with Crippen molar-refractivity contribution >= 4 is 36.7 Å². The summed E-state index contributed by atoms with van der Waals surface area (Å²) >= 11 is 0. The van der Waals surface area contributed by atoms with Crippen molar-refractivity contribution in [3.05, 3.63) is 12.7 Å². The predicted molar refractivity (Wildman–Crippen MR) is 100 cm³/mol. The monoisotopic (exact) mass is 478 g/mol. The molecular formula is C16H20N6NaO8P. The topological polar surface area (TPSA) is 190 Å². The number of nitrogens with one attached hydrogen (secondary N) is 2. The summed E-state index contributed by atoms with van der Waals surface area (Å²) in [5.74, 6) is -0.458. The minimum atomic E-state index is -4.52. The van der Waals surface area contributed by atoms with Gasteiger partial charge in [0.2, 0.25) is 5.91 Å². The van der Waals surface area contributed by atoms with Crippen LogP contribution in [0.3, 0.4) is 0 Å². The number of phosphoric ester groups is 1. The summed E-state index contributed by atoms with van der Waals surface area (Å²) in [7, 11) is -4.52. The van der Waals surface area contributed by atoms with Crippen molar-refractivity contribution in [2.24, 2.45) is 5.41 Å². The Morgan fingerprint density at radius 3 is 2.72 bits per heavy atom. The van der Waals surface area contributed by atoms with E-state index in [1.165, 1.54) is 10.9 Å². The van der Waals surface area contributed by atoms with E-state index >= 15 is 0 Å². The number of nitrogens with zero attached hydrogens (tertiary/aromatic N) is 4. The molecule has 1 unspecified atom stereocenters. The largest absolute Gasteiger partial charge is 1.00 e. The molecule has 2 saturated heterocycles. The van der Waals surface area contributed by atoms with Gasteiger partial charge < -0.3 is 23.8 Å². The van der Waals surface area contributed by atoms with Gasteiger partial charge in [0.1, 0.15) is 24.6 Å². The molecule has 5 atom stereocenters. The normalized spacial score (nSPS) is 29.8. The van der Waals surface area contributed by atoms with Crippen LogP contribution >= 0.6 is 7.82 Å². The van der Waals surface area contributed by atoms with Gasteiger partial charge in [-0.15, -0.1) is 0 Å². The molecule has 0 radical (unpaired) electrons. The molecule has 2 aliphatic heterocycles. The third kappa shape index (κ3) is 4.88. The first-order chi connectivity index (χ1) is 14.5. The Hall–Kier alpha value is -1.48. The molecule has 0 bridgehead atoms. The Labute approximate surface area is 204 Å². The van der Waals surface area contributed by atoms with E-state index in [0.29, 0.717) is 0 Å². The van der Waals surface area contributed by atoms with Crippen LogP contribution in [-0.2, 0) is 23.1 Å². The summed E-state index contributed by atoms with van der Waals surface area (Å²) in [6, 6.07) is -0.797. The van der Waals surface area contributed by atoms with Crippen LogP contribution in [0, 0.1) is 5.41 Å². The molecule has 16 heteroatoms. The number of carbonyl (C=O) groups excluding carboxylic acids is 2. The first kappa shape index (κ1) is 25.1. The number of hydrogen-bond acceptors (Lipinski definition) is 11. The van der Waals surface area contributed by atoms with E-state index in [0.717, 1.165) is 6.33 Å². The molecule has 3 N–H and O–H groups in total. The van der Waals surface area contributed by atoms with Crippen molar-refractivity contribution in [3.8, 4) is 0 Å². The molecular weight excluding hydrogens is 458 g/mol. The van der Waals surface area contributed by atoms with E-state index in [4.69, 9.17) is 9.26 Å². The van der Waals surface area contributed by atoms with Crippen molar-refractivity contribution in [1.29, 1.82) is 0 Å². The van der Waals surface area contributed by atoms with E-state index in [1.807, 2.05) is 0 Å². The number of hydrogen-bond donors (Lipinski definition) is 3. The molecule has 4 heterocycles. The average molecular weight is 478 g/mol. The maximum atomic E-state index is 12.2. The molecule has 14 nitrogen and oxygen atoms in total. The average Bonchev–Trinajstić information content (AvgIpc) is 3.22. The number of aromatic nitrogens is 4. The van der Waals surface area contributed by atoms with E-state index in [2.05, 4.69) is 30.1 Å². The molecule has 2 aromatic rings. The summed E-state index contributed by atoms with van der Waals surface area (Å²) in [5.41, 5.74) is -0.411. The zero-order valence-electron chi connectivity index (χ0n) is 17.7. The molecule has 3 amide bonds. The van der Waals surface area contributed by atoms with Crippen LogP contribution in [0.15, 0.2) is 12.7 Å². The fourth-order valence-corrected chi connectivity index (χ4v) is 4.07. The Morgan fingerprint density at radius 1 is 1.31 bits per heavy atom. The number of ether oxygens (including phenoxy) is 1. The second-order valence-electron chi connectivity index (χ2n) is 8.07. The Balaban J connectivity index is 0.00000289. The molecule has 0 saturated carbocycles. The number of aliphatic hydroxyl groups excluding tert-OH is 1. The molecule has 2 aliphatic rings. The number of imide groups is 1. The van der Waals surface area contributed by atoms with Gasteiger partial charge in [-0.05, 0) is 0 Å². The minimum Gasteiger partial charge on any atom is -0.756 e. The molecule has 2 aromatic heterocycles. The van der Waals surface area contributed by atoms with Crippen LogP contribution in [0.4, 0.5) is 10.6 Å². The summed E-state index contributed by atoms with van der Waals surface area (Å²) in [6.45, 7) is 4.68. The predicted octanol–water partition coefficient (Wildman–Crippen LogP) is -3.33. The third-order valence-corrected chi connectivity index (χ3v) is 5.70. The number of phosphoric acid groups is 1. The van der Waals surface area contributed by atoms with Gasteiger partial charge in [-0.1, -0.05) is 20.8 Å². The van der Waals surface area contributed by atoms with Crippen molar-refractivity contribution in [1.82, 2.24) is 24.8 Å². The fourth-order valence-electron chi connectivity index (χ4n) is 3.12. The number of imidazole rings is 1. The van der Waals surface area contributed by atoms with Crippen LogP contribution in [-0.4, -0.2) is 61.5 Å². The van der Waals surface area contributed by atoms with Crippen LogP contribution < -0.4 is 45.1 Å². The van der Waals surface area contributed by atoms with Crippen LogP contribution in [0.5, 0.6) is 0 Å². The molecule has 32 heavy (non-hydrogen) atoms. The number of carbonyl (C=O) groups is 2. The van der Waals surface area contributed by atoms with Gasteiger partial charge in [0.25, 0.3) is 7.82 Å². The number of rotatable bonds is 2. The quantitative estimate of drug-likeness (QED) is 0.289. The summed E-state index contributed by atoms with van der Waals surface area (Å²) in [5, 5.41) is 15.2. The molecule has 0 spiro atoms.